The minimum atomic E-state index is -0.421. The first-order chi connectivity index (χ1) is 9.58. The number of carbonyl (C=O) groups is 3. The summed E-state index contributed by atoms with van der Waals surface area (Å²) in [6.07, 6.45) is 0.166. The summed E-state index contributed by atoms with van der Waals surface area (Å²) in [6, 6.07) is 6.68. The van der Waals surface area contributed by atoms with Gasteiger partial charge in [0.25, 0.3) is 0 Å². The average Bonchev–Trinajstić information content (AvgIpc) is 2.73. The average molecular weight is 296 g/mol. The van der Waals surface area contributed by atoms with E-state index in [9.17, 15) is 14.4 Å². The van der Waals surface area contributed by atoms with Gasteiger partial charge in [-0.1, -0.05) is 29.8 Å². The van der Waals surface area contributed by atoms with Gasteiger partial charge in [-0.25, -0.2) is 4.79 Å². The van der Waals surface area contributed by atoms with Crippen LogP contribution in [-0.4, -0.2) is 42.4 Å². The van der Waals surface area contributed by atoms with Crippen molar-refractivity contribution in [3.63, 3.8) is 0 Å². The van der Waals surface area contributed by atoms with E-state index in [-0.39, 0.29) is 37.9 Å². The predicted octanol–water partition coefficient (Wildman–Crippen LogP) is 0.550. The van der Waals surface area contributed by atoms with Gasteiger partial charge in [0.2, 0.25) is 11.8 Å². The van der Waals surface area contributed by atoms with E-state index in [1.807, 2.05) is 6.07 Å². The Morgan fingerprint density at radius 3 is 2.75 bits per heavy atom. The van der Waals surface area contributed by atoms with Gasteiger partial charge < -0.3 is 10.6 Å². The predicted molar refractivity (Wildman–Crippen MR) is 73.3 cm³/mol. The van der Waals surface area contributed by atoms with Gasteiger partial charge in [0.15, 0.2) is 0 Å². The first kappa shape index (κ1) is 14.3. The second-order valence-electron chi connectivity index (χ2n) is 4.32. The molecule has 1 aliphatic rings. The summed E-state index contributed by atoms with van der Waals surface area (Å²) in [7, 11) is 0. The second-order valence-corrected chi connectivity index (χ2v) is 4.73. The van der Waals surface area contributed by atoms with Crippen molar-refractivity contribution in [3.05, 3.63) is 34.9 Å². The van der Waals surface area contributed by atoms with Crippen molar-refractivity contribution in [2.75, 3.05) is 19.6 Å². The van der Waals surface area contributed by atoms with E-state index in [1.165, 1.54) is 0 Å². The SMILES string of the molecule is O=C(Cc1ccccc1Cl)NCCN1C(=O)CNC1=O. The lowest BCUT2D eigenvalue weighted by Crippen LogP contribution is -2.39. The fourth-order valence-corrected chi connectivity index (χ4v) is 2.07. The molecule has 2 rings (SSSR count). The maximum absolute atomic E-state index is 11.7. The molecule has 6 nitrogen and oxygen atoms in total. The molecule has 0 saturated carbocycles. The first-order valence-corrected chi connectivity index (χ1v) is 6.54. The van der Waals surface area contributed by atoms with Crippen LogP contribution < -0.4 is 10.6 Å². The molecular weight excluding hydrogens is 282 g/mol. The van der Waals surface area contributed by atoms with Crippen molar-refractivity contribution in [2.24, 2.45) is 0 Å². The Hall–Kier alpha value is -2.08. The second kappa shape index (κ2) is 6.38. The van der Waals surface area contributed by atoms with E-state index in [1.54, 1.807) is 18.2 Å². The molecule has 1 aromatic rings. The van der Waals surface area contributed by atoms with Crippen molar-refractivity contribution < 1.29 is 14.4 Å². The van der Waals surface area contributed by atoms with Crippen LogP contribution in [0, 0.1) is 0 Å². The molecule has 0 aromatic heterocycles. The Morgan fingerprint density at radius 1 is 1.35 bits per heavy atom. The Labute approximate surface area is 121 Å². The Morgan fingerprint density at radius 2 is 2.10 bits per heavy atom. The molecule has 0 radical (unpaired) electrons. The van der Waals surface area contributed by atoms with E-state index >= 15 is 0 Å². The summed E-state index contributed by atoms with van der Waals surface area (Å²) in [5.41, 5.74) is 0.738. The molecule has 0 aliphatic carbocycles. The quantitative estimate of drug-likeness (QED) is 0.779. The highest BCUT2D eigenvalue weighted by molar-refractivity contribution is 6.31. The van der Waals surface area contributed by atoms with E-state index in [0.717, 1.165) is 10.5 Å². The van der Waals surface area contributed by atoms with Crippen LogP contribution in [0.1, 0.15) is 5.56 Å². The first-order valence-electron chi connectivity index (χ1n) is 6.16. The van der Waals surface area contributed by atoms with Gasteiger partial charge in [-0.05, 0) is 11.6 Å². The van der Waals surface area contributed by atoms with Crippen LogP contribution in [0.4, 0.5) is 4.79 Å². The normalized spacial score (nSPS) is 14.3. The van der Waals surface area contributed by atoms with Crippen LogP contribution in [0.3, 0.4) is 0 Å². The van der Waals surface area contributed by atoms with E-state index < -0.39 is 6.03 Å². The highest BCUT2D eigenvalue weighted by atomic mass is 35.5. The number of hydrogen-bond acceptors (Lipinski definition) is 3. The molecular formula is C13H14ClN3O3. The fourth-order valence-electron chi connectivity index (χ4n) is 1.87. The van der Waals surface area contributed by atoms with Crippen molar-refractivity contribution in [1.82, 2.24) is 15.5 Å². The number of carbonyl (C=O) groups excluding carboxylic acids is 3. The van der Waals surface area contributed by atoms with Crippen molar-refractivity contribution in [2.45, 2.75) is 6.42 Å². The zero-order valence-corrected chi connectivity index (χ0v) is 11.4. The van der Waals surface area contributed by atoms with Crippen molar-refractivity contribution in [1.29, 1.82) is 0 Å². The monoisotopic (exact) mass is 295 g/mol. The van der Waals surface area contributed by atoms with Crippen LogP contribution in [0.2, 0.25) is 5.02 Å². The molecule has 4 amide bonds. The third-order valence-electron chi connectivity index (χ3n) is 2.90. The number of nitrogens with zero attached hydrogens (tertiary/aromatic N) is 1. The lowest BCUT2D eigenvalue weighted by Gasteiger charge is -2.12. The van der Waals surface area contributed by atoms with E-state index in [0.29, 0.717) is 5.02 Å². The molecule has 0 unspecified atom stereocenters. The van der Waals surface area contributed by atoms with Gasteiger partial charge in [-0.2, -0.15) is 0 Å². The number of imide groups is 1. The fraction of sp³-hybridized carbons (Fsp3) is 0.308. The van der Waals surface area contributed by atoms with Gasteiger partial charge in [0.05, 0.1) is 13.0 Å². The molecule has 0 atom stereocenters. The van der Waals surface area contributed by atoms with E-state index in [4.69, 9.17) is 11.6 Å². The number of urea groups is 1. The van der Waals surface area contributed by atoms with Crippen LogP contribution in [0.15, 0.2) is 24.3 Å². The Bertz CT molecular complexity index is 531. The summed E-state index contributed by atoms with van der Waals surface area (Å²) < 4.78 is 0. The largest absolute Gasteiger partial charge is 0.354 e. The molecule has 1 saturated heterocycles. The molecule has 0 bridgehead atoms. The molecule has 1 aliphatic heterocycles. The van der Waals surface area contributed by atoms with Crippen LogP contribution >= 0.6 is 11.6 Å². The lowest BCUT2D eigenvalue weighted by atomic mass is 10.1. The third-order valence-corrected chi connectivity index (χ3v) is 3.27. The number of halogens is 1. The topological polar surface area (TPSA) is 78.5 Å². The Kier molecular flexibility index (Phi) is 4.57. The minimum Gasteiger partial charge on any atom is -0.354 e. The van der Waals surface area contributed by atoms with Gasteiger partial charge >= 0.3 is 6.03 Å². The van der Waals surface area contributed by atoms with Crippen molar-refractivity contribution >= 4 is 29.4 Å². The molecule has 1 aromatic carbocycles. The van der Waals surface area contributed by atoms with Gasteiger partial charge in [0.1, 0.15) is 0 Å². The maximum Gasteiger partial charge on any atom is 0.324 e. The standard InChI is InChI=1S/C13H14ClN3O3/c14-10-4-2-1-3-9(10)7-11(18)15-5-6-17-12(19)8-16-13(17)20/h1-4H,5-8H2,(H,15,18)(H,16,20). The van der Waals surface area contributed by atoms with Gasteiger partial charge in [-0.15, -0.1) is 0 Å². The number of benzene rings is 1. The van der Waals surface area contributed by atoms with E-state index in [2.05, 4.69) is 10.6 Å². The van der Waals surface area contributed by atoms with Gasteiger partial charge in [0, 0.05) is 18.1 Å². The molecule has 1 fully saturated rings. The third kappa shape index (κ3) is 3.48. The number of hydrogen-bond donors (Lipinski definition) is 2. The molecule has 106 valence electrons. The highest BCUT2D eigenvalue weighted by Gasteiger charge is 2.27. The summed E-state index contributed by atoms with van der Waals surface area (Å²) in [6.45, 7) is 0.410. The van der Waals surface area contributed by atoms with Gasteiger partial charge in [-0.3, -0.25) is 14.5 Å². The lowest BCUT2D eigenvalue weighted by molar-refractivity contribution is -0.125. The van der Waals surface area contributed by atoms with Crippen LogP contribution in [0.5, 0.6) is 0 Å². The Balaban J connectivity index is 1.77. The summed E-state index contributed by atoms with van der Waals surface area (Å²) in [5.74, 6) is -0.486. The summed E-state index contributed by atoms with van der Waals surface area (Å²) >= 11 is 5.96. The molecule has 0 spiro atoms. The van der Waals surface area contributed by atoms with Crippen LogP contribution in [-0.2, 0) is 16.0 Å². The summed E-state index contributed by atoms with van der Waals surface area (Å²) in [4.78, 5) is 35.4. The number of nitrogens with one attached hydrogen (secondary N) is 2. The molecule has 2 N–H and O–H groups in total. The molecule has 1 heterocycles. The zero-order valence-electron chi connectivity index (χ0n) is 10.7. The smallest absolute Gasteiger partial charge is 0.324 e. The number of rotatable bonds is 5. The van der Waals surface area contributed by atoms with Crippen LogP contribution in [0.25, 0.3) is 0 Å². The minimum absolute atomic E-state index is 0.0202. The summed E-state index contributed by atoms with van der Waals surface area (Å²) in [5, 5.41) is 5.61. The van der Waals surface area contributed by atoms with Crippen molar-refractivity contribution in [3.8, 4) is 0 Å². The molecule has 20 heavy (non-hydrogen) atoms. The molecule has 7 heteroatoms. The highest BCUT2D eigenvalue weighted by Crippen LogP contribution is 2.15. The maximum atomic E-state index is 11.7. The zero-order chi connectivity index (χ0) is 14.5. The number of amides is 4.